The zero-order chi connectivity index (χ0) is 26.3. The monoisotopic (exact) mass is 836 g/mol. The SMILES string of the molecule is CC(=O)OCC(OC(C)=O)C(=O)Nc1c(I)c(C(=O)Cl)c(I)c(C(=O)N(C)CC(O)CO)c1I. The quantitative estimate of drug-likeness (QED) is 0.182. The summed E-state index contributed by atoms with van der Waals surface area (Å²) in [5.74, 6) is -2.97. The third-order valence-corrected chi connectivity index (χ3v) is 7.48. The van der Waals surface area contributed by atoms with Crippen LogP contribution in [-0.2, 0) is 23.9 Å². The minimum absolute atomic E-state index is 0.0255. The molecule has 0 aliphatic heterocycles. The fraction of sp³-hybridized carbons (Fsp3) is 0.421. The van der Waals surface area contributed by atoms with Crippen molar-refractivity contribution in [2.45, 2.75) is 26.1 Å². The molecule has 1 rings (SSSR count). The number of esters is 2. The summed E-state index contributed by atoms with van der Waals surface area (Å²) in [5.41, 5.74) is 0.0367. The van der Waals surface area contributed by atoms with Gasteiger partial charge in [0.1, 0.15) is 6.61 Å². The third kappa shape index (κ3) is 8.38. The standard InChI is InChI=1S/C19H20ClI3N2O9/c1-7(27)33-6-10(34-8(2)28)18(31)24-16-14(22)11(17(20)30)13(21)12(15(16)23)19(32)25(3)4-9(29)5-26/h9-10,26,29H,4-6H2,1-3H3,(H,24,31). The van der Waals surface area contributed by atoms with Crippen LogP contribution in [-0.4, -0.2) is 83.1 Å². The third-order valence-electron chi connectivity index (χ3n) is 4.06. The molecule has 188 valence electrons. The number of likely N-dealkylation sites (N-methyl/N-ethyl adjacent to an activating group) is 1. The molecular formula is C19H20ClI3N2O9. The summed E-state index contributed by atoms with van der Waals surface area (Å²) in [6.45, 7) is 0.882. The van der Waals surface area contributed by atoms with Crippen molar-refractivity contribution in [3.8, 4) is 0 Å². The fourth-order valence-corrected chi connectivity index (χ4v) is 7.44. The largest absolute Gasteiger partial charge is 0.461 e. The molecule has 0 saturated carbocycles. The van der Waals surface area contributed by atoms with Crippen LogP contribution in [0, 0.1) is 10.7 Å². The maximum Gasteiger partial charge on any atom is 0.303 e. The number of aliphatic hydroxyl groups excluding tert-OH is 2. The second kappa shape index (κ2) is 14.0. The van der Waals surface area contributed by atoms with Crippen molar-refractivity contribution in [3.05, 3.63) is 21.8 Å². The summed E-state index contributed by atoms with van der Waals surface area (Å²) >= 11 is 11.1. The minimum atomic E-state index is -1.50. The Morgan fingerprint density at radius 3 is 2.06 bits per heavy atom. The van der Waals surface area contributed by atoms with Crippen molar-refractivity contribution in [3.63, 3.8) is 0 Å². The van der Waals surface area contributed by atoms with E-state index in [2.05, 4.69) is 5.32 Å². The lowest BCUT2D eigenvalue weighted by Gasteiger charge is -2.24. The highest BCUT2D eigenvalue weighted by molar-refractivity contribution is 14.1. The van der Waals surface area contributed by atoms with Crippen molar-refractivity contribution < 1.29 is 43.7 Å². The van der Waals surface area contributed by atoms with E-state index in [1.54, 1.807) is 67.8 Å². The number of hydrogen-bond acceptors (Lipinski definition) is 9. The van der Waals surface area contributed by atoms with E-state index < -0.39 is 54.4 Å². The van der Waals surface area contributed by atoms with E-state index in [1.165, 1.54) is 7.05 Å². The zero-order valence-electron chi connectivity index (χ0n) is 18.0. The summed E-state index contributed by atoms with van der Waals surface area (Å²) < 4.78 is 10.4. The van der Waals surface area contributed by atoms with E-state index in [9.17, 15) is 29.1 Å². The van der Waals surface area contributed by atoms with E-state index >= 15 is 0 Å². The van der Waals surface area contributed by atoms with Crippen LogP contribution in [0.5, 0.6) is 0 Å². The molecule has 2 atom stereocenters. The number of nitrogens with one attached hydrogen (secondary N) is 1. The van der Waals surface area contributed by atoms with Gasteiger partial charge in [-0.05, 0) is 79.4 Å². The van der Waals surface area contributed by atoms with Gasteiger partial charge in [-0.2, -0.15) is 0 Å². The number of benzene rings is 1. The minimum Gasteiger partial charge on any atom is -0.461 e. The summed E-state index contributed by atoms with van der Waals surface area (Å²) in [6.07, 6.45) is -2.68. The number of ether oxygens (including phenoxy) is 2. The maximum atomic E-state index is 13.1. The smallest absolute Gasteiger partial charge is 0.303 e. The van der Waals surface area contributed by atoms with Crippen molar-refractivity contribution >= 4 is 114 Å². The normalized spacial score (nSPS) is 12.4. The Hall–Kier alpha value is -0.830. The van der Waals surface area contributed by atoms with Crippen LogP contribution < -0.4 is 5.32 Å². The molecule has 0 aliphatic carbocycles. The number of hydrogen-bond donors (Lipinski definition) is 3. The van der Waals surface area contributed by atoms with Gasteiger partial charge < -0.3 is 29.9 Å². The Kier molecular flexibility index (Phi) is 12.9. The highest BCUT2D eigenvalue weighted by Gasteiger charge is 2.31. The molecule has 3 N–H and O–H groups in total. The molecule has 11 nitrogen and oxygen atoms in total. The van der Waals surface area contributed by atoms with Crippen LogP contribution in [0.3, 0.4) is 0 Å². The molecular weight excluding hydrogens is 816 g/mol. The van der Waals surface area contributed by atoms with Crippen molar-refractivity contribution in [1.29, 1.82) is 0 Å². The number of halogens is 4. The van der Waals surface area contributed by atoms with Gasteiger partial charge in [-0.15, -0.1) is 0 Å². The van der Waals surface area contributed by atoms with E-state index in [4.69, 9.17) is 26.2 Å². The number of anilines is 1. The van der Waals surface area contributed by atoms with Crippen molar-refractivity contribution in [2.75, 3.05) is 32.1 Å². The number of carbonyl (C=O) groups is 5. The first-order chi connectivity index (χ1) is 15.7. The van der Waals surface area contributed by atoms with Crippen LogP contribution in [0.1, 0.15) is 34.6 Å². The van der Waals surface area contributed by atoms with Gasteiger partial charge in [-0.3, -0.25) is 24.0 Å². The Morgan fingerprint density at radius 1 is 1.03 bits per heavy atom. The lowest BCUT2D eigenvalue weighted by atomic mass is 10.1. The Balaban J connectivity index is 3.55. The van der Waals surface area contributed by atoms with E-state index in [0.717, 1.165) is 18.7 Å². The molecule has 0 spiro atoms. The Labute approximate surface area is 240 Å². The molecule has 0 fully saturated rings. The predicted octanol–water partition coefficient (Wildman–Crippen LogP) is 1.74. The number of nitrogens with zero attached hydrogens (tertiary/aromatic N) is 1. The average Bonchev–Trinajstić information content (AvgIpc) is 2.72. The summed E-state index contributed by atoms with van der Waals surface area (Å²) in [5, 5.41) is 20.4. The van der Waals surface area contributed by atoms with Gasteiger partial charge in [-0.25, -0.2) is 0 Å². The second-order valence-corrected chi connectivity index (χ2v) is 10.3. The molecule has 1 aromatic rings. The molecule has 1 aromatic carbocycles. The number of carbonyl (C=O) groups excluding carboxylic acids is 5. The van der Waals surface area contributed by atoms with E-state index in [-0.39, 0.29) is 34.1 Å². The first-order valence-electron chi connectivity index (χ1n) is 9.28. The predicted molar refractivity (Wildman–Crippen MR) is 146 cm³/mol. The molecule has 2 amide bonds. The lowest BCUT2D eigenvalue weighted by Crippen LogP contribution is -2.38. The van der Waals surface area contributed by atoms with Gasteiger partial charge in [0.2, 0.25) is 6.10 Å². The molecule has 15 heteroatoms. The van der Waals surface area contributed by atoms with Crippen LogP contribution in [0.4, 0.5) is 5.69 Å². The van der Waals surface area contributed by atoms with Gasteiger partial charge in [0.25, 0.3) is 17.1 Å². The highest BCUT2D eigenvalue weighted by atomic mass is 127. The molecule has 34 heavy (non-hydrogen) atoms. The molecule has 0 bridgehead atoms. The molecule has 0 aromatic heterocycles. The first-order valence-corrected chi connectivity index (χ1v) is 12.9. The van der Waals surface area contributed by atoms with Crippen LogP contribution >= 0.6 is 79.4 Å². The number of rotatable bonds is 10. The highest BCUT2D eigenvalue weighted by Crippen LogP contribution is 2.37. The van der Waals surface area contributed by atoms with E-state index in [0.29, 0.717) is 0 Å². The van der Waals surface area contributed by atoms with Gasteiger partial charge >= 0.3 is 11.9 Å². The van der Waals surface area contributed by atoms with Gasteiger partial charge in [0.15, 0.2) is 0 Å². The van der Waals surface area contributed by atoms with E-state index in [1.807, 2.05) is 0 Å². The number of amides is 2. The summed E-state index contributed by atoms with van der Waals surface area (Å²) in [7, 11) is 1.39. The van der Waals surface area contributed by atoms with Gasteiger partial charge in [-0.1, -0.05) is 0 Å². The lowest BCUT2D eigenvalue weighted by molar-refractivity contribution is -0.160. The second-order valence-electron chi connectivity index (χ2n) is 6.75. The van der Waals surface area contributed by atoms with Crippen LogP contribution in [0.25, 0.3) is 0 Å². The molecule has 0 aliphatic rings. The average molecular weight is 837 g/mol. The summed E-state index contributed by atoms with van der Waals surface area (Å²) in [4.78, 5) is 61.9. The van der Waals surface area contributed by atoms with Crippen LogP contribution in [0.2, 0.25) is 0 Å². The summed E-state index contributed by atoms with van der Waals surface area (Å²) in [6, 6.07) is 0. The fourth-order valence-electron chi connectivity index (χ4n) is 2.54. The van der Waals surface area contributed by atoms with Crippen molar-refractivity contribution in [1.82, 2.24) is 4.90 Å². The molecule has 0 heterocycles. The zero-order valence-corrected chi connectivity index (χ0v) is 25.2. The Bertz CT molecular complexity index is 1010. The molecule has 0 saturated heterocycles. The molecule has 2 unspecified atom stereocenters. The number of aliphatic hydroxyl groups is 2. The van der Waals surface area contributed by atoms with Gasteiger partial charge in [0, 0.05) is 31.0 Å². The van der Waals surface area contributed by atoms with Crippen LogP contribution in [0.15, 0.2) is 0 Å². The topological polar surface area (TPSA) is 160 Å². The first kappa shape index (κ1) is 31.2. The van der Waals surface area contributed by atoms with Crippen molar-refractivity contribution in [2.24, 2.45) is 0 Å². The molecule has 0 radical (unpaired) electrons. The Morgan fingerprint density at radius 2 is 1.59 bits per heavy atom. The van der Waals surface area contributed by atoms with Gasteiger partial charge in [0.05, 0.1) is 36.7 Å². The maximum absolute atomic E-state index is 13.1.